The molecule has 0 unspecified atom stereocenters. The van der Waals surface area contributed by atoms with Crippen molar-refractivity contribution in [1.82, 2.24) is 25.1 Å². The number of para-hydroxylation sites is 2. The van der Waals surface area contributed by atoms with E-state index in [4.69, 9.17) is 0 Å². The van der Waals surface area contributed by atoms with Crippen molar-refractivity contribution in [2.45, 2.75) is 19.5 Å². The lowest BCUT2D eigenvalue weighted by atomic mass is 10.3. The van der Waals surface area contributed by atoms with Crippen molar-refractivity contribution >= 4 is 16.9 Å². The average Bonchev–Trinajstić information content (AvgIpc) is 2.96. The second-order valence-corrected chi connectivity index (χ2v) is 5.03. The minimum atomic E-state index is -0.382. The molecule has 2 aromatic heterocycles. The Kier molecular flexibility index (Phi) is 4.05. The third kappa shape index (κ3) is 3.54. The van der Waals surface area contributed by atoms with E-state index in [0.29, 0.717) is 5.82 Å². The highest BCUT2D eigenvalue weighted by atomic mass is 16.2. The summed E-state index contributed by atoms with van der Waals surface area (Å²) < 4.78 is 1.11. The number of nitrogens with one attached hydrogen (secondary N) is 3. The predicted octanol–water partition coefficient (Wildman–Crippen LogP) is 0.119. The van der Waals surface area contributed by atoms with Crippen LogP contribution in [0.4, 0.5) is 0 Å². The first-order chi connectivity index (χ1) is 11.1. The molecule has 0 radical (unpaired) electrons. The predicted molar refractivity (Wildman–Crippen MR) is 83.9 cm³/mol. The van der Waals surface area contributed by atoms with Crippen molar-refractivity contribution in [2.24, 2.45) is 0 Å². The Hall–Kier alpha value is -3.16. The van der Waals surface area contributed by atoms with Crippen LogP contribution in [0.2, 0.25) is 0 Å². The number of rotatable bonds is 5. The van der Waals surface area contributed by atoms with E-state index >= 15 is 0 Å². The lowest BCUT2D eigenvalue weighted by Gasteiger charge is -2.05. The Morgan fingerprint density at radius 1 is 1.17 bits per heavy atom. The van der Waals surface area contributed by atoms with Gasteiger partial charge in [0.25, 0.3) is 11.1 Å². The molecule has 0 aliphatic carbocycles. The fourth-order valence-electron chi connectivity index (χ4n) is 2.20. The summed E-state index contributed by atoms with van der Waals surface area (Å²) >= 11 is 0. The first-order valence-corrected chi connectivity index (χ1v) is 7.12. The normalized spacial score (nSPS) is 10.8. The maximum absolute atomic E-state index is 11.8. The number of aromatic amines is 2. The minimum Gasteiger partial charge on any atom is -0.349 e. The molecule has 23 heavy (non-hydrogen) atoms. The molecule has 3 rings (SSSR count). The van der Waals surface area contributed by atoms with Gasteiger partial charge < -0.3 is 10.3 Å². The van der Waals surface area contributed by atoms with E-state index in [2.05, 4.69) is 20.4 Å². The van der Waals surface area contributed by atoms with Crippen LogP contribution >= 0.6 is 0 Å². The van der Waals surface area contributed by atoms with Crippen molar-refractivity contribution in [2.75, 3.05) is 0 Å². The first-order valence-electron chi connectivity index (χ1n) is 7.12. The number of H-pyrrole nitrogens is 2. The number of aromatic nitrogens is 4. The van der Waals surface area contributed by atoms with Crippen molar-refractivity contribution in [3.63, 3.8) is 0 Å². The molecule has 0 fully saturated rings. The summed E-state index contributed by atoms with van der Waals surface area (Å²) in [6.07, 6.45) is 0.0834. The van der Waals surface area contributed by atoms with E-state index in [9.17, 15) is 14.4 Å². The Balaban J connectivity index is 1.56. The molecule has 0 saturated carbocycles. The summed E-state index contributed by atoms with van der Waals surface area (Å²) in [4.78, 5) is 42.0. The largest absolute Gasteiger partial charge is 0.349 e. The minimum absolute atomic E-state index is 0.0834. The second kappa shape index (κ2) is 6.30. The fraction of sp³-hybridized carbons (Fsp3) is 0.200. The van der Waals surface area contributed by atoms with Crippen LogP contribution in [0.1, 0.15) is 12.2 Å². The number of imidazole rings is 1. The van der Waals surface area contributed by atoms with Gasteiger partial charge in [0.2, 0.25) is 5.91 Å². The van der Waals surface area contributed by atoms with Crippen LogP contribution in [0.25, 0.3) is 11.0 Å². The van der Waals surface area contributed by atoms with Gasteiger partial charge in [0, 0.05) is 18.6 Å². The van der Waals surface area contributed by atoms with Crippen molar-refractivity contribution < 1.29 is 4.79 Å². The van der Waals surface area contributed by atoms with E-state index in [1.54, 1.807) is 0 Å². The zero-order valence-electron chi connectivity index (χ0n) is 12.2. The lowest BCUT2D eigenvalue weighted by Crippen LogP contribution is -2.31. The standard InChI is InChI=1S/C15H15N5O3/c21-13(7-8-20-15(23)6-5-14(22)19-20)16-9-12-17-10-3-1-2-4-11(10)18-12/h1-6H,7-9H2,(H,16,21)(H,17,18)(H,19,22). The summed E-state index contributed by atoms with van der Waals surface area (Å²) in [5.41, 5.74) is 1.01. The van der Waals surface area contributed by atoms with Crippen LogP contribution in [0.5, 0.6) is 0 Å². The Labute approximate surface area is 130 Å². The van der Waals surface area contributed by atoms with Crippen LogP contribution < -0.4 is 16.4 Å². The molecule has 0 bridgehead atoms. The summed E-state index contributed by atoms with van der Waals surface area (Å²) in [6.45, 7) is 0.384. The molecular formula is C15H15N5O3. The molecule has 8 heteroatoms. The highest BCUT2D eigenvalue weighted by molar-refractivity contribution is 5.76. The molecular weight excluding hydrogens is 298 g/mol. The van der Waals surface area contributed by atoms with Crippen molar-refractivity contribution in [1.29, 1.82) is 0 Å². The molecule has 2 heterocycles. The van der Waals surface area contributed by atoms with E-state index in [1.807, 2.05) is 24.3 Å². The van der Waals surface area contributed by atoms with Gasteiger partial charge in [-0.25, -0.2) is 9.67 Å². The van der Waals surface area contributed by atoms with Crippen molar-refractivity contribution in [3.05, 3.63) is 62.9 Å². The van der Waals surface area contributed by atoms with E-state index in [1.165, 1.54) is 6.07 Å². The SMILES string of the molecule is O=C(CCn1[nH]c(=O)ccc1=O)NCc1nc2ccccc2[nH]1. The van der Waals surface area contributed by atoms with Gasteiger partial charge in [0.1, 0.15) is 5.82 Å². The third-order valence-electron chi connectivity index (χ3n) is 3.34. The van der Waals surface area contributed by atoms with E-state index < -0.39 is 0 Å². The van der Waals surface area contributed by atoms with Gasteiger partial charge in [0.15, 0.2) is 0 Å². The van der Waals surface area contributed by atoms with Crippen LogP contribution in [0.15, 0.2) is 46.0 Å². The highest BCUT2D eigenvalue weighted by Crippen LogP contribution is 2.09. The third-order valence-corrected chi connectivity index (χ3v) is 3.34. The number of nitrogens with zero attached hydrogens (tertiary/aromatic N) is 2. The lowest BCUT2D eigenvalue weighted by molar-refractivity contribution is -0.121. The Morgan fingerprint density at radius 2 is 2.00 bits per heavy atom. The monoisotopic (exact) mass is 313 g/mol. The molecule has 0 saturated heterocycles. The van der Waals surface area contributed by atoms with Gasteiger partial charge in [-0.1, -0.05) is 12.1 Å². The van der Waals surface area contributed by atoms with Gasteiger partial charge in [-0.15, -0.1) is 0 Å². The maximum atomic E-state index is 11.8. The van der Waals surface area contributed by atoms with Crippen LogP contribution in [0.3, 0.4) is 0 Å². The zero-order valence-corrected chi connectivity index (χ0v) is 12.2. The number of amides is 1. The first kappa shape index (κ1) is 14.8. The van der Waals surface area contributed by atoms with E-state index in [0.717, 1.165) is 21.8 Å². The van der Waals surface area contributed by atoms with Crippen LogP contribution in [0, 0.1) is 0 Å². The number of hydrogen-bond acceptors (Lipinski definition) is 4. The van der Waals surface area contributed by atoms with Gasteiger partial charge in [-0.3, -0.25) is 19.5 Å². The fourth-order valence-corrected chi connectivity index (χ4v) is 2.20. The van der Waals surface area contributed by atoms with Crippen LogP contribution in [-0.4, -0.2) is 25.7 Å². The van der Waals surface area contributed by atoms with Crippen molar-refractivity contribution in [3.8, 4) is 0 Å². The smallest absolute Gasteiger partial charge is 0.265 e. The van der Waals surface area contributed by atoms with E-state index in [-0.39, 0.29) is 36.5 Å². The Bertz CT molecular complexity index is 920. The highest BCUT2D eigenvalue weighted by Gasteiger charge is 2.06. The number of aryl methyl sites for hydroxylation is 1. The zero-order chi connectivity index (χ0) is 16.2. The summed E-state index contributed by atoms with van der Waals surface area (Å²) in [5.74, 6) is 0.423. The average molecular weight is 313 g/mol. The van der Waals surface area contributed by atoms with Gasteiger partial charge >= 0.3 is 0 Å². The molecule has 0 spiro atoms. The summed E-state index contributed by atoms with van der Waals surface area (Å²) in [6, 6.07) is 9.91. The Morgan fingerprint density at radius 3 is 2.83 bits per heavy atom. The molecule has 8 nitrogen and oxygen atoms in total. The summed E-state index contributed by atoms with van der Waals surface area (Å²) in [7, 11) is 0. The summed E-state index contributed by atoms with van der Waals surface area (Å²) in [5, 5.41) is 5.10. The number of fused-ring (bicyclic) bond motifs is 1. The molecule has 1 aromatic carbocycles. The molecule has 1 amide bonds. The molecule has 0 aliphatic heterocycles. The second-order valence-electron chi connectivity index (χ2n) is 5.03. The molecule has 118 valence electrons. The van der Waals surface area contributed by atoms with Gasteiger partial charge in [0.05, 0.1) is 24.1 Å². The van der Waals surface area contributed by atoms with Gasteiger partial charge in [-0.2, -0.15) is 0 Å². The number of hydrogen-bond donors (Lipinski definition) is 3. The topological polar surface area (TPSA) is 113 Å². The van der Waals surface area contributed by atoms with Crippen LogP contribution in [-0.2, 0) is 17.9 Å². The molecule has 0 atom stereocenters. The van der Waals surface area contributed by atoms with Gasteiger partial charge in [-0.05, 0) is 12.1 Å². The number of carbonyl (C=O) groups is 1. The quantitative estimate of drug-likeness (QED) is 0.621. The molecule has 3 aromatic rings. The molecule has 0 aliphatic rings. The molecule has 3 N–H and O–H groups in total. The maximum Gasteiger partial charge on any atom is 0.265 e. The number of benzene rings is 1. The number of carbonyl (C=O) groups excluding carboxylic acids is 1.